The van der Waals surface area contributed by atoms with Gasteiger partial charge >= 0.3 is 12.1 Å². The number of nitrogens with zero attached hydrogens (tertiary/aromatic N) is 2. The predicted octanol–water partition coefficient (Wildman–Crippen LogP) is 2.75. The molecule has 2 rings (SSSR count). The lowest BCUT2D eigenvalue weighted by molar-refractivity contribution is 0.0240. The second-order valence-electron chi connectivity index (χ2n) is 6.76. The Kier molecular flexibility index (Phi) is 4.82. The third-order valence-corrected chi connectivity index (χ3v) is 3.74. The van der Waals surface area contributed by atoms with Crippen molar-refractivity contribution in [2.75, 3.05) is 31.1 Å². The van der Waals surface area contributed by atoms with Crippen molar-refractivity contribution in [1.29, 1.82) is 0 Å². The SMILES string of the molecule is Cc1cc(N2CCN(C(=O)OC(C)(C)C)CC2)ccc1C(=O)O. The van der Waals surface area contributed by atoms with Crippen molar-refractivity contribution in [3.8, 4) is 0 Å². The van der Waals surface area contributed by atoms with Gasteiger partial charge in [0, 0.05) is 31.9 Å². The summed E-state index contributed by atoms with van der Waals surface area (Å²) in [5.41, 5.74) is 1.56. The van der Waals surface area contributed by atoms with Crippen LogP contribution in [0, 0.1) is 6.92 Å². The van der Waals surface area contributed by atoms with Crippen LogP contribution >= 0.6 is 0 Å². The fourth-order valence-corrected chi connectivity index (χ4v) is 2.56. The zero-order valence-corrected chi connectivity index (χ0v) is 14.1. The normalized spacial score (nSPS) is 15.5. The number of carbonyl (C=O) groups excluding carboxylic acids is 1. The zero-order valence-electron chi connectivity index (χ0n) is 14.1. The maximum absolute atomic E-state index is 12.1. The van der Waals surface area contributed by atoms with E-state index in [4.69, 9.17) is 9.84 Å². The Balaban J connectivity index is 1.98. The molecule has 1 heterocycles. The van der Waals surface area contributed by atoms with Crippen LogP contribution in [0.25, 0.3) is 0 Å². The summed E-state index contributed by atoms with van der Waals surface area (Å²) in [6.07, 6.45) is -0.283. The van der Waals surface area contributed by atoms with Crippen molar-refractivity contribution in [1.82, 2.24) is 4.90 Å². The Morgan fingerprint density at radius 3 is 2.22 bits per heavy atom. The molecule has 1 aromatic rings. The van der Waals surface area contributed by atoms with Gasteiger partial charge in [0.2, 0.25) is 0 Å². The van der Waals surface area contributed by atoms with Gasteiger partial charge in [-0.15, -0.1) is 0 Å². The number of ether oxygens (including phenoxy) is 1. The molecule has 23 heavy (non-hydrogen) atoms. The van der Waals surface area contributed by atoms with E-state index in [0.29, 0.717) is 31.7 Å². The van der Waals surface area contributed by atoms with Gasteiger partial charge in [-0.1, -0.05) is 0 Å². The second-order valence-corrected chi connectivity index (χ2v) is 6.76. The number of aromatic carboxylic acids is 1. The smallest absolute Gasteiger partial charge is 0.410 e. The molecular formula is C17H24N2O4. The summed E-state index contributed by atoms with van der Waals surface area (Å²) in [7, 11) is 0. The van der Waals surface area contributed by atoms with Gasteiger partial charge in [-0.2, -0.15) is 0 Å². The van der Waals surface area contributed by atoms with E-state index in [1.807, 2.05) is 32.9 Å². The molecule has 1 aromatic carbocycles. The van der Waals surface area contributed by atoms with Gasteiger partial charge in [0.25, 0.3) is 0 Å². The first-order chi connectivity index (χ1) is 10.7. The van der Waals surface area contributed by atoms with E-state index in [2.05, 4.69) is 4.90 Å². The molecule has 6 nitrogen and oxygen atoms in total. The summed E-state index contributed by atoms with van der Waals surface area (Å²) in [5, 5.41) is 9.08. The van der Waals surface area contributed by atoms with Gasteiger partial charge < -0.3 is 19.6 Å². The summed E-state index contributed by atoms with van der Waals surface area (Å²) >= 11 is 0. The fourth-order valence-electron chi connectivity index (χ4n) is 2.56. The third-order valence-electron chi connectivity index (χ3n) is 3.74. The van der Waals surface area contributed by atoms with Gasteiger partial charge in [0.05, 0.1) is 5.56 Å². The minimum absolute atomic E-state index is 0.283. The number of aryl methyl sites for hydroxylation is 1. The van der Waals surface area contributed by atoms with Crippen LogP contribution in [0.3, 0.4) is 0 Å². The molecule has 126 valence electrons. The molecule has 0 bridgehead atoms. The first-order valence-electron chi connectivity index (χ1n) is 7.74. The van der Waals surface area contributed by atoms with Crippen molar-refractivity contribution >= 4 is 17.7 Å². The summed E-state index contributed by atoms with van der Waals surface area (Å²) in [6.45, 7) is 9.94. The number of anilines is 1. The number of rotatable bonds is 2. The number of carboxylic acids is 1. The molecule has 0 aliphatic carbocycles. The van der Waals surface area contributed by atoms with Crippen LogP contribution in [0.1, 0.15) is 36.7 Å². The van der Waals surface area contributed by atoms with Crippen molar-refractivity contribution in [3.63, 3.8) is 0 Å². The molecule has 6 heteroatoms. The zero-order chi connectivity index (χ0) is 17.2. The first kappa shape index (κ1) is 17.1. The Labute approximate surface area is 136 Å². The molecule has 1 aliphatic rings. The molecule has 0 spiro atoms. The van der Waals surface area contributed by atoms with E-state index >= 15 is 0 Å². The lowest BCUT2D eigenvalue weighted by atomic mass is 10.1. The molecule has 1 saturated heterocycles. The monoisotopic (exact) mass is 320 g/mol. The van der Waals surface area contributed by atoms with Gasteiger partial charge in [-0.3, -0.25) is 0 Å². The van der Waals surface area contributed by atoms with Crippen LogP contribution in [0.15, 0.2) is 18.2 Å². The van der Waals surface area contributed by atoms with Crippen LogP contribution in [0.4, 0.5) is 10.5 Å². The average Bonchev–Trinajstić information content (AvgIpc) is 2.45. The highest BCUT2D eigenvalue weighted by Gasteiger charge is 2.26. The van der Waals surface area contributed by atoms with Crippen molar-refractivity contribution in [3.05, 3.63) is 29.3 Å². The van der Waals surface area contributed by atoms with E-state index < -0.39 is 11.6 Å². The lowest BCUT2D eigenvalue weighted by Crippen LogP contribution is -2.50. The molecule has 1 fully saturated rings. The third kappa shape index (κ3) is 4.37. The Morgan fingerprint density at radius 2 is 1.74 bits per heavy atom. The van der Waals surface area contributed by atoms with Gasteiger partial charge in [-0.05, 0) is 51.5 Å². The van der Waals surface area contributed by atoms with Crippen LogP contribution in [0.2, 0.25) is 0 Å². The lowest BCUT2D eigenvalue weighted by Gasteiger charge is -2.36. The summed E-state index contributed by atoms with van der Waals surface area (Å²) in [6, 6.07) is 5.33. The van der Waals surface area contributed by atoms with Crippen LogP contribution < -0.4 is 4.90 Å². The van der Waals surface area contributed by atoms with E-state index in [1.54, 1.807) is 17.9 Å². The van der Waals surface area contributed by atoms with Crippen LogP contribution in [-0.4, -0.2) is 53.8 Å². The van der Waals surface area contributed by atoms with Gasteiger partial charge in [0.1, 0.15) is 5.60 Å². The van der Waals surface area contributed by atoms with Crippen molar-refractivity contribution < 1.29 is 19.4 Å². The standard InChI is InChI=1S/C17H24N2O4/c1-12-11-13(5-6-14(12)15(20)21)18-7-9-19(10-8-18)16(22)23-17(2,3)4/h5-6,11H,7-10H2,1-4H3,(H,20,21). The molecule has 0 aromatic heterocycles. The van der Waals surface area contributed by atoms with Crippen LogP contribution in [-0.2, 0) is 4.74 Å². The number of amides is 1. The number of benzene rings is 1. The van der Waals surface area contributed by atoms with E-state index in [-0.39, 0.29) is 6.09 Å². The number of carbonyl (C=O) groups is 2. The predicted molar refractivity (Wildman–Crippen MR) is 88.2 cm³/mol. The highest BCUT2D eigenvalue weighted by molar-refractivity contribution is 5.89. The minimum Gasteiger partial charge on any atom is -0.478 e. The maximum Gasteiger partial charge on any atom is 0.410 e. The highest BCUT2D eigenvalue weighted by Crippen LogP contribution is 2.21. The quantitative estimate of drug-likeness (QED) is 0.907. The summed E-state index contributed by atoms with van der Waals surface area (Å²) in [5.74, 6) is -0.913. The van der Waals surface area contributed by atoms with E-state index in [9.17, 15) is 9.59 Å². The van der Waals surface area contributed by atoms with Gasteiger partial charge in [-0.25, -0.2) is 9.59 Å². The number of hydrogen-bond donors (Lipinski definition) is 1. The molecule has 0 radical (unpaired) electrons. The fraction of sp³-hybridized carbons (Fsp3) is 0.529. The highest BCUT2D eigenvalue weighted by atomic mass is 16.6. The van der Waals surface area contributed by atoms with Gasteiger partial charge in [0.15, 0.2) is 0 Å². The summed E-state index contributed by atoms with van der Waals surface area (Å²) in [4.78, 5) is 27.0. The molecule has 0 unspecified atom stereocenters. The molecule has 1 aliphatic heterocycles. The first-order valence-corrected chi connectivity index (χ1v) is 7.74. The molecule has 0 saturated carbocycles. The number of piperazine rings is 1. The average molecular weight is 320 g/mol. The Morgan fingerprint density at radius 1 is 1.13 bits per heavy atom. The maximum atomic E-state index is 12.1. The topological polar surface area (TPSA) is 70.1 Å². The number of hydrogen-bond acceptors (Lipinski definition) is 4. The molecular weight excluding hydrogens is 296 g/mol. The minimum atomic E-state index is -0.913. The second kappa shape index (κ2) is 6.48. The van der Waals surface area contributed by atoms with Crippen LogP contribution in [0.5, 0.6) is 0 Å². The molecule has 1 N–H and O–H groups in total. The van der Waals surface area contributed by atoms with E-state index in [0.717, 1.165) is 11.3 Å². The number of carboxylic acid groups (broad SMARTS) is 1. The summed E-state index contributed by atoms with van der Waals surface area (Å²) < 4.78 is 5.38. The molecule has 1 amide bonds. The largest absolute Gasteiger partial charge is 0.478 e. The van der Waals surface area contributed by atoms with E-state index in [1.165, 1.54) is 0 Å². The van der Waals surface area contributed by atoms with Crippen molar-refractivity contribution in [2.45, 2.75) is 33.3 Å². The Bertz CT molecular complexity index is 599. The molecule has 0 atom stereocenters. The van der Waals surface area contributed by atoms with Crippen molar-refractivity contribution in [2.24, 2.45) is 0 Å². The Hall–Kier alpha value is -2.24.